The summed E-state index contributed by atoms with van der Waals surface area (Å²) in [5.74, 6) is 0. The van der Waals surface area contributed by atoms with E-state index >= 15 is 0 Å². The molecule has 0 unspecified atom stereocenters. The molecule has 8 heteroatoms. The molecule has 22 heavy (non-hydrogen) atoms. The zero-order valence-corrected chi connectivity index (χ0v) is 16.4. The fraction of sp³-hybridized carbons (Fsp3) is 0.571. The smallest absolute Gasteiger partial charge is 0.245 e. The average molecular weight is 432 g/mol. The highest BCUT2D eigenvalue weighted by molar-refractivity contribution is 9.10. The molecule has 0 atom stereocenters. The second-order valence-electron chi connectivity index (χ2n) is 5.15. The number of rotatable bonds is 5. The summed E-state index contributed by atoms with van der Waals surface area (Å²) >= 11 is 9.47. The second-order valence-corrected chi connectivity index (χ2v) is 8.24. The van der Waals surface area contributed by atoms with E-state index in [1.54, 1.807) is 22.5 Å². The quantitative estimate of drug-likeness (QED) is 0.773. The van der Waals surface area contributed by atoms with Gasteiger partial charge in [-0.3, -0.25) is 0 Å². The van der Waals surface area contributed by atoms with Crippen LogP contribution in [0.5, 0.6) is 0 Å². The van der Waals surface area contributed by atoms with Crippen molar-refractivity contribution in [1.82, 2.24) is 9.62 Å². The van der Waals surface area contributed by atoms with Crippen LogP contribution in [0.1, 0.15) is 26.2 Å². The van der Waals surface area contributed by atoms with Gasteiger partial charge < -0.3 is 5.32 Å². The molecule has 1 N–H and O–H groups in total. The number of sulfonamides is 1. The summed E-state index contributed by atoms with van der Waals surface area (Å²) in [4.78, 5) is 0.179. The maximum atomic E-state index is 13.1. The molecule has 4 nitrogen and oxygen atoms in total. The third kappa shape index (κ3) is 4.36. The Balaban J connectivity index is 0.00000242. The van der Waals surface area contributed by atoms with Crippen molar-refractivity contribution in [3.8, 4) is 0 Å². The third-order valence-corrected chi connectivity index (χ3v) is 7.05. The van der Waals surface area contributed by atoms with Crippen LogP contribution in [0.15, 0.2) is 27.6 Å². The van der Waals surface area contributed by atoms with Gasteiger partial charge in [-0.25, -0.2) is 8.42 Å². The van der Waals surface area contributed by atoms with Crippen LogP contribution in [0.2, 0.25) is 5.02 Å². The molecule has 0 bridgehead atoms. The second kappa shape index (κ2) is 8.85. The topological polar surface area (TPSA) is 49.4 Å². The summed E-state index contributed by atoms with van der Waals surface area (Å²) in [6.07, 6.45) is 2.45. The molecule has 1 aromatic rings. The van der Waals surface area contributed by atoms with E-state index in [4.69, 9.17) is 11.6 Å². The molecule has 0 spiro atoms. The van der Waals surface area contributed by atoms with Crippen LogP contribution in [0.25, 0.3) is 0 Å². The summed E-state index contributed by atoms with van der Waals surface area (Å²) in [6.45, 7) is 4.21. The van der Waals surface area contributed by atoms with E-state index in [-0.39, 0.29) is 28.4 Å². The van der Waals surface area contributed by atoms with Gasteiger partial charge in [-0.1, -0.05) is 24.6 Å². The standard InChI is InChI=1S/C14H20BrClN2O2S.ClH/c1-2-10-18(11-6-8-17-9-7-11)21(19,20)14-12(15)4-3-5-13(14)16;/h3-5,11,17H,2,6-10H2,1H3;1H. The summed E-state index contributed by atoms with van der Waals surface area (Å²) in [7, 11) is -3.60. The predicted molar refractivity (Wildman–Crippen MR) is 96.5 cm³/mol. The summed E-state index contributed by atoms with van der Waals surface area (Å²) < 4.78 is 28.3. The first-order valence-corrected chi connectivity index (χ1v) is 9.76. The first-order valence-electron chi connectivity index (χ1n) is 7.15. The third-order valence-electron chi connectivity index (χ3n) is 3.65. The fourth-order valence-corrected chi connectivity index (χ4v) is 6.11. The lowest BCUT2D eigenvalue weighted by molar-refractivity contribution is 0.262. The molecule has 1 saturated heterocycles. The van der Waals surface area contributed by atoms with E-state index in [0.717, 1.165) is 32.4 Å². The van der Waals surface area contributed by atoms with Crippen LogP contribution in [0.3, 0.4) is 0 Å². The number of halogens is 3. The normalized spacial score (nSPS) is 16.5. The minimum absolute atomic E-state index is 0. The molecule has 2 rings (SSSR count). The molecular formula is C14H21BrCl2N2O2S. The van der Waals surface area contributed by atoms with Crippen LogP contribution in [-0.2, 0) is 10.0 Å². The molecule has 1 heterocycles. The van der Waals surface area contributed by atoms with Crippen molar-refractivity contribution >= 4 is 50.0 Å². The Morgan fingerprint density at radius 2 is 2.00 bits per heavy atom. The Labute approximate surface area is 152 Å². The van der Waals surface area contributed by atoms with E-state index in [1.165, 1.54) is 0 Å². The van der Waals surface area contributed by atoms with Gasteiger partial charge in [0.15, 0.2) is 0 Å². The molecule has 0 amide bonds. The molecule has 1 fully saturated rings. The Morgan fingerprint density at radius 3 is 2.55 bits per heavy atom. The Hall–Kier alpha value is 0.150. The molecule has 0 radical (unpaired) electrons. The maximum Gasteiger partial charge on any atom is 0.245 e. The molecule has 126 valence electrons. The van der Waals surface area contributed by atoms with E-state index in [1.807, 2.05) is 6.92 Å². The summed E-state index contributed by atoms with van der Waals surface area (Å²) in [5.41, 5.74) is 0. The van der Waals surface area contributed by atoms with Crippen molar-refractivity contribution in [2.75, 3.05) is 19.6 Å². The van der Waals surface area contributed by atoms with Gasteiger partial charge in [0.2, 0.25) is 10.0 Å². The van der Waals surface area contributed by atoms with Gasteiger partial charge in [0.1, 0.15) is 4.90 Å². The van der Waals surface area contributed by atoms with Crippen molar-refractivity contribution in [2.24, 2.45) is 0 Å². The van der Waals surface area contributed by atoms with E-state index < -0.39 is 10.0 Å². The lowest BCUT2D eigenvalue weighted by Gasteiger charge is -2.34. The van der Waals surface area contributed by atoms with E-state index in [0.29, 0.717) is 11.0 Å². The molecule has 1 aliphatic heterocycles. The first-order chi connectivity index (χ1) is 9.98. The number of piperidine rings is 1. The number of hydrogen-bond acceptors (Lipinski definition) is 3. The summed E-state index contributed by atoms with van der Waals surface area (Å²) in [6, 6.07) is 5.11. The largest absolute Gasteiger partial charge is 0.317 e. The minimum Gasteiger partial charge on any atom is -0.317 e. The number of nitrogens with one attached hydrogen (secondary N) is 1. The number of benzene rings is 1. The van der Waals surface area contributed by atoms with Crippen molar-refractivity contribution < 1.29 is 8.42 Å². The van der Waals surface area contributed by atoms with E-state index in [2.05, 4.69) is 21.2 Å². The van der Waals surface area contributed by atoms with Gasteiger partial charge >= 0.3 is 0 Å². The lowest BCUT2D eigenvalue weighted by atomic mass is 10.1. The van der Waals surface area contributed by atoms with Gasteiger partial charge in [-0.05, 0) is 60.4 Å². The monoisotopic (exact) mass is 430 g/mol. The molecule has 0 aromatic heterocycles. The van der Waals surface area contributed by atoms with Crippen molar-refractivity contribution in [2.45, 2.75) is 37.1 Å². The average Bonchev–Trinajstić information content (AvgIpc) is 2.45. The van der Waals surface area contributed by atoms with Crippen molar-refractivity contribution in [3.05, 3.63) is 27.7 Å². The van der Waals surface area contributed by atoms with Crippen LogP contribution in [0.4, 0.5) is 0 Å². The van der Waals surface area contributed by atoms with Gasteiger partial charge in [0.05, 0.1) is 5.02 Å². The van der Waals surface area contributed by atoms with Gasteiger partial charge in [-0.2, -0.15) is 4.31 Å². The molecule has 1 aliphatic rings. The van der Waals surface area contributed by atoms with Crippen molar-refractivity contribution in [1.29, 1.82) is 0 Å². The predicted octanol–water partition coefficient (Wildman–Crippen LogP) is 3.68. The van der Waals surface area contributed by atoms with Gasteiger partial charge in [0, 0.05) is 17.1 Å². The van der Waals surface area contributed by atoms with Crippen LogP contribution < -0.4 is 5.32 Å². The summed E-state index contributed by atoms with van der Waals surface area (Å²) in [5, 5.41) is 3.53. The molecular weight excluding hydrogens is 411 g/mol. The van der Waals surface area contributed by atoms with Crippen LogP contribution in [0, 0.1) is 0 Å². The zero-order valence-electron chi connectivity index (χ0n) is 12.4. The Morgan fingerprint density at radius 1 is 1.36 bits per heavy atom. The van der Waals surface area contributed by atoms with Crippen LogP contribution >= 0.6 is 39.9 Å². The SMILES string of the molecule is CCCN(C1CCNCC1)S(=O)(=O)c1c(Cl)cccc1Br.Cl. The highest BCUT2D eigenvalue weighted by atomic mass is 79.9. The molecule has 0 saturated carbocycles. The highest BCUT2D eigenvalue weighted by Gasteiger charge is 2.34. The molecule has 1 aromatic carbocycles. The maximum absolute atomic E-state index is 13.1. The minimum atomic E-state index is -3.60. The number of nitrogens with zero attached hydrogens (tertiary/aromatic N) is 1. The Bertz CT molecular complexity index is 572. The first kappa shape index (κ1) is 20.2. The zero-order chi connectivity index (χ0) is 15.5. The van der Waals surface area contributed by atoms with Crippen LogP contribution in [-0.4, -0.2) is 38.4 Å². The highest BCUT2D eigenvalue weighted by Crippen LogP contribution is 2.33. The van der Waals surface area contributed by atoms with E-state index in [9.17, 15) is 8.42 Å². The van der Waals surface area contributed by atoms with Gasteiger partial charge in [0.25, 0.3) is 0 Å². The lowest BCUT2D eigenvalue weighted by Crippen LogP contribution is -2.46. The molecule has 0 aliphatic carbocycles. The number of hydrogen-bond donors (Lipinski definition) is 1. The fourth-order valence-electron chi connectivity index (χ4n) is 2.66. The van der Waals surface area contributed by atoms with Crippen molar-refractivity contribution in [3.63, 3.8) is 0 Å². The Kier molecular flexibility index (Phi) is 8.12. The van der Waals surface area contributed by atoms with Gasteiger partial charge in [-0.15, -0.1) is 12.4 Å².